The van der Waals surface area contributed by atoms with Gasteiger partial charge in [0, 0.05) is 24.4 Å². The first-order chi connectivity index (χ1) is 22.4. The van der Waals surface area contributed by atoms with E-state index < -0.39 is 62.2 Å². The second-order valence-electron chi connectivity index (χ2n) is 11.2. The molecule has 8 rings (SSSR count). The standard InChI is InChI=1S/C24H25FN10O8P2S2/c1-10-14-11(4-12(14)34-8-30-16-19(26)28-7-29-20(16)34)5-39-45(38,47)43-18-15(25)13(6-40-44(37,46)42-10)41-23(18)35-9-31-17-21(35)32-24-27-2-3-33(24)22(17)36/h2-3,7-9,11-15,18,23H,1,4-6H2,(H,27,32)(H,37,46)(H,38,47)(H2,26,28,29)/t11-,12-,13-,14-,15-,18-,23-,44+,45-/m1/s1. The highest BCUT2D eigenvalue weighted by Crippen LogP contribution is 2.62. The molecule has 47 heavy (non-hydrogen) atoms. The molecule has 0 aromatic carbocycles. The maximum absolute atomic E-state index is 16.1. The van der Waals surface area contributed by atoms with E-state index in [1.165, 1.54) is 34.0 Å². The lowest BCUT2D eigenvalue weighted by Gasteiger charge is -2.45. The van der Waals surface area contributed by atoms with Crippen LogP contribution in [0.25, 0.3) is 28.1 Å². The van der Waals surface area contributed by atoms with Crippen LogP contribution in [0.2, 0.25) is 0 Å². The number of allylic oxidation sites excluding steroid dienone is 1. The van der Waals surface area contributed by atoms with Gasteiger partial charge in [0.05, 0.1) is 25.9 Å². The van der Waals surface area contributed by atoms with Crippen LogP contribution in [-0.2, 0) is 32.0 Å². The highest BCUT2D eigenvalue weighted by Gasteiger charge is 2.53. The molecule has 1 saturated carbocycles. The predicted molar refractivity (Wildman–Crippen MR) is 168 cm³/mol. The molecule has 248 valence electrons. The molecule has 18 nitrogen and oxygen atoms in total. The maximum atomic E-state index is 16.1. The van der Waals surface area contributed by atoms with E-state index in [1.807, 2.05) is 0 Å². The molecule has 0 radical (unpaired) electrons. The number of nitrogen functional groups attached to an aromatic ring is 1. The van der Waals surface area contributed by atoms with E-state index in [4.69, 9.17) is 28.6 Å². The van der Waals surface area contributed by atoms with Gasteiger partial charge < -0.3 is 29.1 Å². The van der Waals surface area contributed by atoms with E-state index in [2.05, 4.69) is 61.0 Å². The topological polar surface area (TPSA) is 218 Å². The Bertz CT molecular complexity index is 2230. The number of aromatic nitrogens is 9. The summed E-state index contributed by atoms with van der Waals surface area (Å²) in [7, 11) is 0. The van der Waals surface area contributed by atoms with Gasteiger partial charge in [0.25, 0.3) is 5.56 Å². The summed E-state index contributed by atoms with van der Waals surface area (Å²) < 4.78 is 75.9. The fourth-order valence-corrected chi connectivity index (χ4v) is 9.14. The number of hydrogen-bond donors (Lipinski definition) is 4. The smallest absolute Gasteiger partial charge is 0.422 e. The first-order valence-electron chi connectivity index (χ1n) is 14.1. The minimum atomic E-state index is -4.27. The van der Waals surface area contributed by atoms with Crippen LogP contribution in [0.1, 0.15) is 18.7 Å². The highest BCUT2D eigenvalue weighted by atomic mass is 32.7. The molecule has 2 saturated heterocycles. The maximum Gasteiger partial charge on any atom is 0.436 e. The molecule has 2 aliphatic heterocycles. The lowest BCUT2D eigenvalue weighted by Crippen LogP contribution is -2.42. The van der Waals surface area contributed by atoms with Crippen molar-refractivity contribution in [1.82, 2.24) is 43.4 Å². The number of alkyl halides is 1. The number of rotatable bonds is 2. The molecule has 5 aromatic rings. The Balaban J connectivity index is 1.12. The monoisotopic (exact) mass is 726 g/mol. The van der Waals surface area contributed by atoms with Crippen molar-refractivity contribution in [3.8, 4) is 0 Å². The van der Waals surface area contributed by atoms with Gasteiger partial charge in [-0.15, -0.1) is 0 Å². The minimum absolute atomic E-state index is 0.00123. The van der Waals surface area contributed by atoms with Gasteiger partial charge >= 0.3 is 13.6 Å². The fourth-order valence-electron chi connectivity index (χ4n) is 6.33. The first kappa shape index (κ1) is 31.0. The molecule has 7 heterocycles. The van der Waals surface area contributed by atoms with Gasteiger partial charge in [-0.25, -0.2) is 42.8 Å². The number of nitrogens with one attached hydrogen (secondary N) is 1. The molecule has 5 aromatic heterocycles. The summed E-state index contributed by atoms with van der Waals surface area (Å²) in [5, 5.41) is 0. The Morgan fingerprint density at radius 2 is 1.81 bits per heavy atom. The number of fused-ring (bicyclic) bond motifs is 6. The number of aromatic amines is 1. The lowest BCUT2D eigenvalue weighted by atomic mass is 9.68. The van der Waals surface area contributed by atoms with Crippen LogP contribution in [0.5, 0.6) is 0 Å². The Hall–Kier alpha value is -3.29. The summed E-state index contributed by atoms with van der Waals surface area (Å²) in [5.41, 5.74) is 6.46. The second kappa shape index (κ2) is 11.1. The average Bonchev–Trinajstić information content (AvgIpc) is 3.78. The molecule has 3 fully saturated rings. The number of H-pyrrole nitrogens is 1. The van der Waals surface area contributed by atoms with E-state index in [9.17, 15) is 13.9 Å². The van der Waals surface area contributed by atoms with Gasteiger partial charge in [-0.3, -0.25) is 18.4 Å². The molecule has 3 N–H and O–H groups in total. The van der Waals surface area contributed by atoms with E-state index in [0.29, 0.717) is 17.6 Å². The average molecular weight is 727 g/mol. The Morgan fingerprint density at radius 3 is 2.64 bits per heavy atom. The highest BCUT2D eigenvalue weighted by molar-refractivity contribution is 8.44. The molecule has 23 heteroatoms. The summed E-state index contributed by atoms with van der Waals surface area (Å²) in [6, 6.07) is -0.366. The summed E-state index contributed by atoms with van der Waals surface area (Å²) in [5.74, 6) is -0.565. The first-order valence-corrected chi connectivity index (χ1v) is 19.5. The largest absolute Gasteiger partial charge is 0.436 e. The van der Waals surface area contributed by atoms with E-state index in [1.54, 1.807) is 10.9 Å². The Kier molecular flexibility index (Phi) is 7.34. The van der Waals surface area contributed by atoms with Crippen LogP contribution in [0.4, 0.5) is 10.2 Å². The molecular weight excluding hydrogens is 701 g/mol. The molecule has 3 aliphatic rings. The van der Waals surface area contributed by atoms with Crippen LogP contribution < -0.4 is 11.3 Å². The number of nitrogens with two attached hydrogens (primary N) is 1. The summed E-state index contributed by atoms with van der Waals surface area (Å²) in [6.07, 6.45) is 1.00. The summed E-state index contributed by atoms with van der Waals surface area (Å²) in [4.78, 5) is 36.8. The van der Waals surface area contributed by atoms with Crippen molar-refractivity contribution in [2.24, 2.45) is 11.8 Å². The van der Waals surface area contributed by atoms with Crippen molar-refractivity contribution in [3.05, 3.63) is 54.1 Å². The zero-order valence-electron chi connectivity index (χ0n) is 23.8. The van der Waals surface area contributed by atoms with Gasteiger partial charge in [-0.05, 0) is 24.6 Å². The number of imidazole rings is 3. The van der Waals surface area contributed by atoms with Gasteiger partial charge in [0.1, 0.15) is 35.5 Å². The molecular formula is C24H25FN10O8P2S2. The Morgan fingerprint density at radius 1 is 1.04 bits per heavy atom. The van der Waals surface area contributed by atoms with E-state index in [-0.39, 0.29) is 41.2 Å². The third-order valence-electron chi connectivity index (χ3n) is 8.55. The normalized spacial score (nSPS) is 35.0. The number of halogens is 1. The van der Waals surface area contributed by atoms with E-state index >= 15 is 4.39 Å². The molecule has 0 amide bonds. The lowest BCUT2D eigenvalue weighted by molar-refractivity contribution is -0.0437. The van der Waals surface area contributed by atoms with E-state index in [0.717, 1.165) is 0 Å². The van der Waals surface area contributed by atoms with Crippen molar-refractivity contribution in [2.75, 3.05) is 18.9 Å². The zero-order chi connectivity index (χ0) is 32.8. The van der Waals surface area contributed by atoms with Gasteiger partial charge in [0.15, 0.2) is 29.4 Å². The summed E-state index contributed by atoms with van der Waals surface area (Å²) >= 11 is 8.27. The molecule has 2 bridgehead atoms. The summed E-state index contributed by atoms with van der Waals surface area (Å²) in [6.45, 7) is -5.29. The van der Waals surface area contributed by atoms with Crippen molar-refractivity contribution in [3.63, 3.8) is 0 Å². The van der Waals surface area contributed by atoms with Crippen LogP contribution >= 0.6 is 38.1 Å². The van der Waals surface area contributed by atoms with Gasteiger partial charge in [0.2, 0.25) is 5.78 Å². The van der Waals surface area contributed by atoms with Crippen molar-refractivity contribution in [2.45, 2.75) is 37.1 Å². The number of hydrogen-bond acceptors (Lipinski definition) is 14. The molecule has 0 unspecified atom stereocenters. The van der Waals surface area contributed by atoms with Crippen LogP contribution in [0.15, 0.2) is 48.5 Å². The number of anilines is 1. The van der Waals surface area contributed by atoms with Crippen molar-refractivity contribution < 1.29 is 36.4 Å². The number of ether oxygens (including phenoxy) is 1. The molecule has 1 aliphatic carbocycles. The number of nitrogens with zero attached hydrogens (tertiary/aromatic N) is 8. The van der Waals surface area contributed by atoms with Gasteiger partial charge in [-0.1, -0.05) is 18.8 Å². The van der Waals surface area contributed by atoms with Crippen LogP contribution in [0, 0.1) is 11.8 Å². The van der Waals surface area contributed by atoms with Crippen LogP contribution in [-0.4, -0.2) is 75.0 Å². The fraction of sp³-hybridized carbons (Fsp3) is 0.417. The minimum Gasteiger partial charge on any atom is -0.422 e. The second-order valence-corrected chi connectivity index (χ2v) is 17.0. The van der Waals surface area contributed by atoms with Crippen molar-refractivity contribution in [1.29, 1.82) is 0 Å². The predicted octanol–water partition coefficient (Wildman–Crippen LogP) is 3.25. The Labute approximate surface area is 273 Å². The van der Waals surface area contributed by atoms with Gasteiger partial charge in [-0.2, -0.15) is 0 Å². The zero-order valence-corrected chi connectivity index (χ0v) is 27.4. The molecule has 9 atom stereocenters. The third-order valence-corrected chi connectivity index (χ3v) is 11.7. The third kappa shape index (κ3) is 5.20. The quantitative estimate of drug-likeness (QED) is 0.152. The van der Waals surface area contributed by atoms with Crippen molar-refractivity contribution >= 4 is 72.0 Å². The molecule has 0 spiro atoms. The SMILES string of the molecule is C=C1O[P@@](=O)(S)OC[C@H]2O[C@@H](n3cnc4c(=O)n5ccnc5[nH]c43)[C@H](O[P@](=O)(S)OC[C@H]3C[C@@H](n4cnc5c(N)ncnc54)[C@H]13)[C@@H]2F. The number of thiol groups is 2. The van der Waals surface area contributed by atoms with Crippen LogP contribution in [0.3, 0.4) is 0 Å².